The van der Waals surface area contributed by atoms with Crippen LogP contribution in [0.4, 0.5) is 0 Å². The van der Waals surface area contributed by atoms with Crippen LogP contribution in [0, 0.1) is 0 Å². The first-order chi connectivity index (χ1) is 16.9. The van der Waals surface area contributed by atoms with E-state index in [0.717, 1.165) is 17.8 Å². The third-order valence-electron chi connectivity index (χ3n) is 5.66. The standard InChI is InChI=1S/C20H25N9O6/c1-10(25-28-22)16(13(30)8-9-24-27-21)33-20-14(26-29-23)15(31)18-17(34-20)11(2)32-19(35-18)12-6-4-3-5-7-12/h3-11,13-20,30-31H,1-2H3/b9-8+/t10?,11?,13-,14?,15-,16-,17?,18+,19?,20+/m1/s1. The molecule has 1 aromatic carbocycles. The van der Waals surface area contributed by atoms with Crippen molar-refractivity contribution in [3.8, 4) is 0 Å². The molecular weight excluding hydrogens is 462 g/mol. The zero-order valence-corrected chi connectivity index (χ0v) is 18.9. The van der Waals surface area contributed by atoms with Gasteiger partial charge in [-0.1, -0.05) is 58.7 Å². The highest BCUT2D eigenvalue weighted by atomic mass is 16.8. The zero-order valence-electron chi connectivity index (χ0n) is 18.9. The normalized spacial score (nSPS) is 32.7. The highest BCUT2D eigenvalue weighted by Crippen LogP contribution is 2.38. The monoisotopic (exact) mass is 487 g/mol. The van der Waals surface area contributed by atoms with E-state index in [1.807, 2.05) is 30.3 Å². The lowest BCUT2D eigenvalue weighted by Crippen LogP contribution is -2.64. The fraction of sp³-hybridized carbons (Fsp3) is 0.600. The topological polar surface area (TPSA) is 224 Å². The number of aliphatic hydroxyl groups excluding tert-OH is 2. The molecule has 10 atom stereocenters. The van der Waals surface area contributed by atoms with Crippen molar-refractivity contribution in [3.05, 3.63) is 79.5 Å². The van der Waals surface area contributed by atoms with Crippen molar-refractivity contribution >= 4 is 0 Å². The van der Waals surface area contributed by atoms with Crippen LogP contribution in [0.15, 0.2) is 58.0 Å². The van der Waals surface area contributed by atoms with E-state index in [1.54, 1.807) is 6.92 Å². The Morgan fingerprint density at radius 3 is 2.46 bits per heavy atom. The fourth-order valence-electron chi connectivity index (χ4n) is 3.96. The van der Waals surface area contributed by atoms with E-state index < -0.39 is 61.3 Å². The number of ether oxygens (including phenoxy) is 4. The molecule has 5 unspecified atom stereocenters. The van der Waals surface area contributed by atoms with Crippen LogP contribution in [0.25, 0.3) is 31.3 Å². The molecule has 15 heteroatoms. The van der Waals surface area contributed by atoms with Crippen LogP contribution in [0.5, 0.6) is 0 Å². The maximum absolute atomic E-state index is 11.1. The maximum atomic E-state index is 11.1. The molecule has 0 amide bonds. The molecule has 186 valence electrons. The number of azide groups is 3. The van der Waals surface area contributed by atoms with Gasteiger partial charge in [0.15, 0.2) is 12.6 Å². The molecule has 35 heavy (non-hydrogen) atoms. The molecule has 0 radical (unpaired) electrons. The van der Waals surface area contributed by atoms with Crippen molar-refractivity contribution in [1.29, 1.82) is 0 Å². The molecule has 0 spiro atoms. The summed E-state index contributed by atoms with van der Waals surface area (Å²) in [4.78, 5) is 8.08. The first kappa shape index (κ1) is 26.3. The molecule has 2 aliphatic heterocycles. The lowest BCUT2D eigenvalue weighted by atomic mass is 9.93. The van der Waals surface area contributed by atoms with E-state index in [2.05, 4.69) is 30.1 Å². The highest BCUT2D eigenvalue weighted by molar-refractivity contribution is 5.17. The minimum absolute atomic E-state index is 0.561. The van der Waals surface area contributed by atoms with Crippen LogP contribution in [0.3, 0.4) is 0 Å². The average Bonchev–Trinajstić information content (AvgIpc) is 2.85. The maximum Gasteiger partial charge on any atom is 0.184 e. The van der Waals surface area contributed by atoms with Crippen LogP contribution >= 0.6 is 0 Å². The Kier molecular flexibility index (Phi) is 9.29. The van der Waals surface area contributed by atoms with E-state index in [4.69, 9.17) is 35.5 Å². The van der Waals surface area contributed by atoms with Crippen molar-refractivity contribution in [3.63, 3.8) is 0 Å². The van der Waals surface area contributed by atoms with Gasteiger partial charge < -0.3 is 29.2 Å². The molecule has 15 nitrogen and oxygen atoms in total. The van der Waals surface area contributed by atoms with Gasteiger partial charge >= 0.3 is 0 Å². The summed E-state index contributed by atoms with van der Waals surface area (Å²) in [5.41, 5.74) is 27.1. The molecule has 2 saturated heterocycles. The van der Waals surface area contributed by atoms with Gasteiger partial charge in [-0.15, -0.1) is 0 Å². The minimum Gasteiger partial charge on any atom is -0.390 e. The lowest BCUT2D eigenvalue weighted by Gasteiger charge is -2.49. The van der Waals surface area contributed by atoms with Crippen LogP contribution in [-0.2, 0) is 18.9 Å². The number of fused-ring (bicyclic) bond motifs is 1. The Morgan fingerprint density at radius 2 is 1.80 bits per heavy atom. The van der Waals surface area contributed by atoms with Crippen molar-refractivity contribution in [2.24, 2.45) is 15.3 Å². The number of benzene rings is 1. The zero-order chi connectivity index (χ0) is 25.4. The van der Waals surface area contributed by atoms with Crippen molar-refractivity contribution in [2.45, 2.75) is 75.1 Å². The Hall–Kier alpha value is -3.35. The second-order valence-corrected chi connectivity index (χ2v) is 7.92. The second kappa shape index (κ2) is 12.4. The largest absolute Gasteiger partial charge is 0.390 e. The van der Waals surface area contributed by atoms with E-state index in [-0.39, 0.29) is 0 Å². The molecule has 2 N–H and O–H groups in total. The lowest BCUT2D eigenvalue weighted by molar-refractivity contribution is -0.366. The van der Waals surface area contributed by atoms with E-state index in [9.17, 15) is 10.2 Å². The van der Waals surface area contributed by atoms with E-state index in [0.29, 0.717) is 0 Å². The summed E-state index contributed by atoms with van der Waals surface area (Å²) in [6.07, 6.45) is -6.23. The quantitative estimate of drug-likeness (QED) is 0.301. The number of hydrogen-bond acceptors (Lipinski definition) is 9. The summed E-state index contributed by atoms with van der Waals surface area (Å²) in [5, 5.41) is 32.0. The average molecular weight is 487 g/mol. The van der Waals surface area contributed by atoms with Gasteiger partial charge in [-0.2, -0.15) is 0 Å². The van der Waals surface area contributed by atoms with Crippen LogP contribution in [0.2, 0.25) is 0 Å². The van der Waals surface area contributed by atoms with Gasteiger partial charge in [0.2, 0.25) is 0 Å². The van der Waals surface area contributed by atoms with Crippen LogP contribution < -0.4 is 0 Å². The second-order valence-electron chi connectivity index (χ2n) is 7.92. The van der Waals surface area contributed by atoms with Crippen molar-refractivity contribution in [1.82, 2.24) is 0 Å². The van der Waals surface area contributed by atoms with Gasteiger partial charge in [0, 0.05) is 20.3 Å². The van der Waals surface area contributed by atoms with Gasteiger partial charge in [-0.25, -0.2) is 0 Å². The highest BCUT2D eigenvalue weighted by Gasteiger charge is 2.53. The first-order valence-corrected chi connectivity index (χ1v) is 10.7. The van der Waals surface area contributed by atoms with Gasteiger partial charge in [0.1, 0.15) is 18.2 Å². The molecule has 0 aliphatic carbocycles. The molecule has 2 heterocycles. The van der Waals surface area contributed by atoms with Gasteiger partial charge in [0.05, 0.1) is 30.5 Å². The smallest absolute Gasteiger partial charge is 0.184 e. The molecular formula is C20H25N9O6. The number of hydrogen-bond donors (Lipinski definition) is 2. The molecule has 0 aromatic heterocycles. The number of rotatable bonds is 9. The fourth-order valence-corrected chi connectivity index (χ4v) is 3.96. The Balaban J connectivity index is 1.86. The van der Waals surface area contributed by atoms with Crippen LogP contribution in [-0.4, -0.2) is 65.2 Å². The van der Waals surface area contributed by atoms with Crippen molar-refractivity contribution in [2.75, 3.05) is 0 Å². The summed E-state index contributed by atoms with van der Waals surface area (Å²) in [7, 11) is 0. The summed E-state index contributed by atoms with van der Waals surface area (Å²) in [5.74, 6) is 0. The molecule has 1 aromatic rings. The predicted molar refractivity (Wildman–Crippen MR) is 120 cm³/mol. The first-order valence-electron chi connectivity index (χ1n) is 10.7. The Morgan fingerprint density at radius 1 is 1.06 bits per heavy atom. The SMILES string of the molecule is CC1OC(c2ccccc2)O[C@@H]2C1O[C@H](O[C@H](C(C)N=[N+]=[N-])[C@H](O)/C=C/N=[N+]=[N-])C(N=[N+]=[N-])[C@H]2O. The van der Waals surface area contributed by atoms with Gasteiger partial charge in [-0.05, 0) is 29.7 Å². The minimum atomic E-state index is -1.40. The van der Waals surface area contributed by atoms with E-state index in [1.165, 1.54) is 6.92 Å². The molecule has 2 aliphatic rings. The summed E-state index contributed by atoms with van der Waals surface area (Å²) in [6.45, 7) is 3.23. The van der Waals surface area contributed by atoms with Gasteiger partial charge in [0.25, 0.3) is 0 Å². The Labute approximate surface area is 199 Å². The van der Waals surface area contributed by atoms with Crippen molar-refractivity contribution < 1.29 is 29.2 Å². The molecule has 0 bridgehead atoms. The number of nitrogens with zero attached hydrogens (tertiary/aromatic N) is 9. The van der Waals surface area contributed by atoms with E-state index >= 15 is 0 Å². The third kappa shape index (κ3) is 6.21. The predicted octanol–water partition coefficient (Wildman–Crippen LogP) is 3.52. The molecule has 3 rings (SSSR count). The molecule has 0 saturated carbocycles. The van der Waals surface area contributed by atoms with Crippen LogP contribution in [0.1, 0.15) is 25.7 Å². The van der Waals surface area contributed by atoms with Gasteiger partial charge in [-0.3, -0.25) is 0 Å². The summed E-state index contributed by atoms with van der Waals surface area (Å²) in [6, 6.07) is 6.94. The molecule has 2 fully saturated rings. The summed E-state index contributed by atoms with van der Waals surface area (Å²) >= 11 is 0. The third-order valence-corrected chi connectivity index (χ3v) is 5.66. The number of aliphatic hydroxyl groups is 2. The summed E-state index contributed by atoms with van der Waals surface area (Å²) < 4.78 is 23.8. The Bertz CT molecular complexity index is 1030.